The number of hydrogen-bond acceptors (Lipinski definition) is 3. The van der Waals surface area contributed by atoms with E-state index in [1.54, 1.807) is 7.11 Å². The molecule has 0 radical (unpaired) electrons. The Morgan fingerprint density at radius 2 is 2.00 bits per heavy atom. The second-order valence-electron chi connectivity index (χ2n) is 5.20. The summed E-state index contributed by atoms with van der Waals surface area (Å²) in [4.78, 5) is 12.0. The van der Waals surface area contributed by atoms with Gasteiger partial charge in [0, 0.05) is 13.2 Å². The summed E-state index contributed by atoms with van der Waals surface area (Å²) < 4.78 is 5.29. The van der Waals surface area contributed by atoms with Gasteiger partial charge in [-0.05, 0) is 32.1 Å². The van der Waals surface area contributed by atoms with Crippen LogP contribution in [0.2, 0.25) is 0 Å². The van der Waals surface area contributed by atoms with Crippen LogP contribution in [-0.2, 0) is 9.53 Å². The summed E-state index contributed by atoms with van der Waals surface area (Å²) in [6.07, 6.45) is 7.11. The molecular weight excluding hydrogens is 240 g/mol. The van der Waals surface area contributed by atoms with Gasteiger partial charge in [-0.25, -0.2) is 0 Å². The van der Waals surface area contributed by atoms with Crippen LogP contribution in [0.15, 0.2) is 0 Å². The molecule has 2 fully saturated rings. The average molecular weight is 263 g/mol. The predicted octanol–water partition coefficient (Wildman–Crippen LogP) is 1.36. The van der Waals surface area contributed by atoms with Gasteiger partial charge < -0.3 is 15.8 Å². The van der Waals surface area contributed by atoms with Crippen molar-refractivity contribution in [1.29, 1.82) is 0 Å². The zero-order chi connectivity index (χ0) is 11.6. The maximum Gasteiger partial charge on any atom is 0.240 e. The third kappa shape index (κ3) is 3.33. The lowest BCUT2D eigenvalue weighted by Crippen LogP contribution is -2.54. The Bertz CT molecular complexity index is 267. The van der Waals surface area contributed by atoms with Gasteiger partial charge in [0.1, 0.15) is 0 Å². The fourth-order valence-electron chi connectivity index (χ4n) is 2.85. The van der Waals surface area contributed by atoms with Crippen molar-refractivity contribution >= 4 is 18.3 Å². The first kappa shape index (κ1) is 14.7. The maximum absolute atomic E-state index is 12.0. The van der Waals surface area contributed by atoms with Crippen molar-refractivity contribution in [2.75, 3.05) is 7.11 Å². The van der Waals surface area contributed by atoms with E-state index < -0.39 is 5.54 Å². The van der Waals surface area contributed by atoms with Crippen LogP contribution in [0.4, 0.5) is 0 Å². The van der Waals surface area contributed by atoms with E-state index in [4.69, 9.17) is 10.5 Å². The Labute approximate surface area is 109 Å². The van der Waals surface area contributed by atoms with Gasteiger partial charge in [-0.15, -0.1) is 12.4 Å². The van der Waals surface area contributed by atoms with E-state index in [-0.39, 0.29) is 24.4 Å². The lowest BCUT2D eigenvalue weighted by Gasteiger charge is -2.24. The van der Waals surface area contributed by atoms with Crippen molar-refractivity contribution < 1.29 is 9.53 Å². The molecule has 5 heteroatoms. The lowest BCUT2D eigenvalue weighted by atomic mass is 9.97. The topological polar surface area (TPSA) is 64.3 Å². The van der Waals surface area contributed by atoms with Crippen LogP contribution in [0.5, 0.6) is 0 Å². The second-order valence-corrected chi connectivity index (χ2v) is 5.20. The molecule has 0 saturated heterocycles. The molecule has 0 spiro atoms. The predicted molar refractivity (Wildman–Crippen MR) is 69.2 cm³/mol. The lowest BCUT2D eigenvalue weighted by molar-refractivity contribution is -0.126. The molecule has 0 aliphatic heterocycles. The van der Waals surface area contributed by atoms with Gasteiger partial charge >= 0.3 is 0 Å². The zero-order valence-electron chi connectivity index (χ0n) is 10.4. The number of nitrogens with one attached hydrogen (secondary N) is 1. The van der Waals surface area contributed by atoms with Crippen LogP contribution in [-0.4, -0.2) is 30.7 Å². The van der Waals surface area contributed by atoms with Gasteiger partial charge in [0.2, 0.25) is 5.91 Å². The minimum Gasteiger partial charge on any atom is -0.381 e. The highest BCUT2D eigenvalue weighted by molar-refractivity contribution is 5.86. The van der Waals surface area contributed by atoms with Crippen molar-refractivity contribution in [2.24, 2.45) is 5.73 Å². The van der Waals surface area contributed by atoms with E-state index in [1.165, 1.54) is 0 Å². The van der Waals surface area contributed by atoms with Gasteiger partial charge in [-0.3, -0.25) is 4.79 Å². The molecular formula is C12H23ClN2O2. The molecule has 2 unspecified atom stereocenters. The molecule has 100 valence electrons. The molecule has 2 saturated carbocycles. The number of hydrogen-bond donors (Lipinski definition) is 2. The molecule has 0 heterocycles. The van der Waals surface area contributed by atoms with Crippen molar-refractivity contribution in [3.05, 3.63) is 0 Å². The van der Waals surface area contributed by atoms with E-state index in [0.29, 0.717) is 6.10 Å². The number of nitrogens with two attached hydrogens (primary N) is 1. The first-order valence-electron chi connectivity index (χ1n) is 6.27. The molecule has 2 rings (SSSR count). The van der Waals surface area contributed by atoms with Gasteiger partial charge in [-0.2, -0.15) is 0 Å². The number of amides is 1. The second kappa shape index (κ2) is 6.03. The summed E-state index contributed by atoms with van der Waals surface area (Å²) in [5.74, 6) is 0.0479. The molecule has 2 aliphatic carbocycles. The van der Waals surface area contributed by atoms with Crippen molar-refractivity contribution in [2.45, 2.75) is 62.6 Å². The summed E-state index contributed by atoms with van der Waals surface area (Å²) in [7, 11) is 1.73. The number of ether oxygens (including phenoxy) is 1. The Morgan fingerprint density at radius 3 is 2.53 bits per heavy atom. The normalized spacial score (nSPS) is 30.9. The molecule has 2 atom stereocenters. The average Bonchev–Trinajstić information content (AvgIpc) is 2.88. The number of carbonyl (C=O) groups is 1. The van der Waals surface area contributed by atoms with E-state index in [0.717, 1.165) is 44.9 Å². The Balaban J connectivity index is 0.00000144. The number of methoxy groups -OCH3 is 1. The molecule has 0 bridgehead atoms. The highest BCUT2D eigenvalue weighted by atomic mass is 35.5. The van der Waals surface area contributed by atoms with Crippen LogP contribution in [0, 0.1) is 0 Å². The van der Waals surface area contributed by atoms with Crippen LogP contribution >= 0.6 is 12.4 Å². The molecule has 0 aromatic heterocycles. The fraction of sp³-hybridized carbons (Fsp3) is 0.917. The Hall–Kier alpha value is -0.320. The van der Waals surface area contributed by atoms with Gasteiger partial charge in [-0.1, -0.05) is 12.8 Å². The highest BCUT2D eigenvalue weighted by Crippen LogP contribution is 2.28. The van der Waals surface area contributed by atoms with Crippen LogP contribution in [0.1, 0.15) is 44.9 Å². The summed E-state index contributed by atoms with van der Waals surface area (Å²) >= 11 is 0. The maximum atomic E-state index is 12.0. The number of carbonyl (C=O) groups excluding carboxylic acids is 1. The minimum atomic E-state index is -0.592. The minimum absolute atomic E-state index is 0. The van der Waals surface area contributed by atoms with Crippen molar-refractivity contribution in [3.8, 4) is 0 Å². The standard InChI is InChI=1S/C12H22N2O2.ClH/c1-16-10-5-4-9(8-10)14-11(15)12(13)6-2-3-7-12;/h9-10H,2-8,13H2,1H3,(H,14,15);1H. The fourth-order valence-corrected chi connectivity index (χ4v) is 2.85. The molecule has 2 aliphatic rings. The van der Waals surface area contributed by atoms with Gasteiger partial charge in [0.05, 0.1) is 11.6 Å². The summed E-state index contributed by atoms with van der Waals surface area (Å²) in [5.41, 5.74) is 5.51. The quantitative estimate of drug-likeness (QED) is 0.807. The van der Waals surface area contributed by atoms with Gasteiger partial charge in [0.15, 0.2) is 0 Å². The van der Waals surface area contributed by atoms with Crippen molar-refractivity contribution in [3.63, 3.8) is 0 Å². The Kier molecular flexibility index (Phi) is 5.22. The van der Waals surface area contributed by atoms with E-state index >= 15 is 0 Å². The summed E-state index contributed by atoms with van der Waals surface area (Å²) in [6, 6.07) is 0.262. The van der Waals surface area contributed by atoms with E-state index in [2.05, 4.69) is 5.32 Å². The summed E-state index contributed by atoms with van der Waals surface area (Å²) in [6.45, 7) is 0. The Morgan fingerprint density at radius 1 is 1.35 bits per heavy atom. The molecule has 17 heavy (non-hydrogen) atoms. The highest BCUT2D eigenvalue weighted by Gasteiger charge is 2.38. The third-order valence-corrected chi connectivity index (χ3v) is 4.00. The third-order valence-electron chi connectivity index (χ3n) is 4.00. The van der Waals surface area contributed by atoms with E-state index in [9.17, 15) is 4.79 Å². The number of rotatable bonds is 3. The van der Waals surface area contributed by atoms with E-state index in [1.807, 2.05) is 0 Å². The molecule has 1 amide bonds. The van der Waals surface area contributed by atoms with Crippen LogP contribution in [0.25, 0.3) is 0 Å². The molecule has 0 aromatic carbocycles. The van der Waals surface area contributed by atoms with Crippen LogP contribution in [0.3, 0.4) is 0 Å². The SMILES string of the molecule is COC1CCC(NC(=O)C2(N)CCCC2)C1.Cl. The van der Waals surface area contributed by atoms with Gasteiger partial charge in [0.25, 0.3) is 0 Å². The molecule has 0 aromatic rings. The van der Waals surface area contributed by atoms with Crippen LogP contribution < -0.4 is 11.1 Å². The number of halogens is 1. The first-order chi connectivity index (χ1) is 7.64. The smallest absolute Gasteiger partial charge is 0.240 e. The van der Waals surface area contributed by atoms with Crippen molar-refractivity contribution in [1.82, 2.24) is 5.32 Å². The molecule has 3 N–H and O–H groups in total. The summed E-state index contributed by atoms with van der Waals surface area (Å²) in [5, 5.41) is 3.08. The molecule has 4 nitrogen and oxygen atoms in total. The first-order valence-corrected chi connectivity index (χ1v) is 6.27. The zero-order valence-corrected chi connectivity index (χ0v) is 11.2. The largest absolute Gasteiger partial charge is 0.381 e. The monoisotopic (exact) mass is 262 g/mol.